The molecule has 1 saturated carbocycles. The van der Waals surface area contributed by atoms with Gasteiger partial charge < -0.3 is 5.11 Å². The third-order valence-corrected chi connectivity index (χ3v) is 5.17. The monoisotopic (exact) mass is 252 g/mol. The van der Waals surface area contributed by atoms with Gasteiger partial charge in [-0.1, -0.05) is 19.3 Å². The minimum Gasteiger partial charge on any atom is -0.480 e. The maximum absolute atomic E-state index is 11.9. The number of hydrogen-bond donors (Lipinski definition) is 2. The number of carbonyl (C=O) groups is 1. The van der Waals surface area contributed by atoms with E-state index in [-0.39, 0.29) is 6.04 Å². The summed E-state index contributed by atoms with van der Waals surface area (Å²) in [6.07, 6.45) is 9.11. The molecule has 0 bridgehead atoms. The minimum atomic E-state index is -0.654. The third-order valence-electron chi connectivity index (χ3n) is 5.17. The largest absolute Gasteiger partial charge is 0.480 e. The van der Waals surface area contributed by atoms with E-state index >= 15 is 0 Å². The van der Waals surface area contributed by atoms with Crippen LogP contribution in [0.15, 0.2) is 0 Å². The van der Waals surface area contributed by atoms with Crippen molar-refractivity contribution in [3.05, 3.63) is 0 Å². The lowest BCUT2D eigenvalue weighted by Gasteiger charge is -2.37. The van der Waals surface area contributed by atoms with E-state index in [2.05, 4.69) is 10.2 Å². The smallest absolute Gasteiger partial charge is 0.325 e. The van der Waals surface area contributed by atoms with Crippen molar-refractivity contribution in [1.29, 1.82) is 0 Å². The van der Waals surface area contributed by atoms with Gasteiger partial charge in [0.15, 0.2) is 0 Å². The molecule has 0 aromatic rings. The van der Waals surface area contributed by atoms with Crippen molar-refractivity contribution >= 4 is 5.97 Å². The fourth-order valence-corrected chi connectivity index (χ4v) is 4.23. The van der Waals surface area contributed by atoms with Crippen molar-refractivity contribution in [3.63, 3.8) is 0 Å². The van der Waals surface area contributed by atoms with Crippen LogP contribution in [0, 0.1) is 0 Å². The number of rotatable bonds is 3. The second-order valence-electron chi connectivity index (χ2n) is 6.20. The lowest BCUT2D eigenvalue weighted by molar-refractivity contribution is -0.146. The Morgan fingerprint density at radius 1 is 1.11 bits per heavy atom. The lowest BCUT2D eigenvalue weighted by Crippen LogP contribution is -2.61. The highest BCUT2D eigenvalue weighted by Gasteiger charge is 2.54. The number of carboxylic acid groups (broad SMARTS) is 1. The van der Waals surface area contributed by atoms with Gasteiger partial charge in [0.05, 0.1) is 0 Å². The summed E-state index contributed by atoms with van der Waals surface area (Å²) in [6, 6.07) is 0.660. The van der Waals surface area contributed by atoms with E-state index in [1.807, 2.05) is 0 Å². The van der Waals surface area contributed by atoms with Gasteiger partial charge in [0.2, 0.25) is 0 Å². The predicted octanol–water partition coefficient (Wildman–Crippen LogP) is 1.60. The van der Waals surface area contributed by atoms with Crippen LogP contribution in [0.4, 0.5) is 0 Å². The Morgan fingerprint density at radius 2 is 1.89 bits per heavy atom. The zero-order valence-electron chi connectivity index (χ0n) is 11.0. The summed E-state index contributed by atoms with van der Waals surface area (Å²) < 4.78 is 0. The molecule has 0 spiro atoms. The first kappa shape index (κ1) is 12.4. The number of carboxylic acids is 1. The van der Waals surface area contributed by atoms with Crippen molar-refractivity contribution in [2.75, 3.05) is 13.1 Å². The van der Waals surface area contributed by atoms with E-state index in [1.54, 1.807) is 0 Å². The van der Waals surface area contributed by atoms with E-state index < -0.39 is 11.5 Å². The number of hydrogen-bond acceptors (Lipinski definition) is 3. The van der Waals surface area contributed by atoms with Gasteiger partial charge in [-0.05, 0) is 38.6 Å². The molecule has 3 fully saturated rings. The van der Waals surface area contributed by atoms with E-state index in [9.17, 15) is 9.90 Å². The van der Waals surface area contributed by atoms with E-state index in [0.717, 1.165) is 45.2 Å². The highest BCUT2D eigenvalue weighted by atomic mass is 16.4. The standard InChI is InChI=1S/C14H24N2O2/c17-13(18)14(15-11-5-2-1-3-6-11)8-10-16-9-4-7-12(14)16/h11-12,15H,1-10H2,(H,17,18). The molecule has 2 aliphatic heterocycles. The zero-order valence-corrected chi connectivity index (χ0v) is 11.0. The maximum atomic E-state index is 11.9. The minimum absolute atomic E-state index is 0.233. The Morgan fingerprint density at radius 3 is 2.61 bits per heavy atom. The van der Waals surface area contributed by atoms with Gasteiger partial charge in [0.25, 0.3) is 0 Å². The predicted molar refractivity (Wildman–Crippen MR) is 69.6 cm³/mol. The fourth-order valence-electron chi connectivity index (χ4n) is 4.23. The van der Waals surface area contributed by atoms with Crippen LogP contribution in [-0.2, 0) is 4.79 Å². The van der Waals surface area contributed by atoms with Crippen molar-refractivity contribution in [2.45, 2.75) is 69.0 Å². The van der Waals surface area contributed by atoms with Crippen molar-refractivity contribution in [1.82, 2.24) is 10.2 Å². The molecule has 2 heterocycles. The van der Waals surface area contributed by atoms with Gasteiger partial charge in [-0.25, -0.2) is 0 Å². The van der Waals surface area contributed by atoms with Crippen molar-refractivity contribution in [3.8, 4) is 0 Å². The quantitative estimate of drug-likeness (QED) is 0.801. The summed E-state index contributed by atoms with van der Waals surface area (Å²) in [5.74, 6) is -0.623. The normalized spacial score (nSPS) is 37.9. The third kappa shape index (κ3) is 1.95. The maximum Gasteiger partial charge on any atom is 0.325 e. The van der Waals surface area contributed by atoms with Gasteiger partial charge in [-0.15, -0.1) is 0 Å². The molecule has 3 rings (SSSR count). The summed E-state index contributed by atoms with van der Waals surface area (Å²) in [6.45, 7) is 2.04. The molecule has 0 amide bonds. The van der Waals surface area contributed by atoms with Crippen LogP contribution in [0.5, 0.6) is 0 Å². The first-order valence-corrected chi connectivity index (χ1v) is 7.47. The molecule has 0 aromatic heterocycles. The van der Waals surface area contributed by atoms with E-state index in [0.29, 0.717) is 6.04 Å². The molecule has 0 radical (unpaired) electrons. The van der Waals surface area contributed by atoms with Gasteiger partial charge >= 0.3 is 5.97 Å². The Bertz CT molecular complexity index is 328. The number of aliphatic carboxylic acids is 1. The van der Waals surface area contributed by atoms with Crippen molar-refractivity contribution in [2.24, 2.45) is 0 Å². The Kier molecular flexibility index (Phi) is 3.32. The highest BCUT2D eigenvalue weighted by Crippen LogP contribution is 2.37. The summed E-state index contributed by atoms with van der Waals surface area (Å²) in [7, 11) is 0. The first-order chi connectivity index (χ1) is 8.72. The molecule has 0 aromatic carbocycles. The van der Waals surface area contributed by atoms with Crippen LogP contribution < -0.4 is 5.32 Å². The molecule has 4 nitrogen and oxygen atoms in total. The lowest BCUT2D eigenvalue weighted by atomic mass is 9.85. The number of fused-ring (bicyclic) bond motifs is 1. The molecule has 2 atom stereocenters. The molecule has 4 heteroatoms. The molecular formula is C14H24N2O2. The summed E-state index contributed by atoms with van der Waals surface area (Å²) >= 11 is 0. The second kappa shape index (κ2) is 4.82. The average Bonchev–Trinajstić information content (AvgIpc) is 2.94. The van der Waals surface area contributed by atoms with Crippen molar-refractivity contribution < 1.29 is 9.90 Å². The van der Waals surface area contributed by atoms with Crippen LogP contribution >= 0.6 is 0 Å². The Balaban J connectivity index is 1.76. The van der Waals surface area contributed by atoms with E-state index in [4.69, 9.17) is 0 Å². The molecule has 102 valence electrons. The molecule has 2 N–H and O–H groups in total. The van der Waals surface area contributed by atoms with Crippen LogP contribution in [0.25, 0.3) is 0 Å². The fraction of sp³-hybridized carbons (Fsp3) is 0.929. The first-order valence-electron chi connectivity index (χ1n) is 7.47. The van der Waals surface area contributed by atoms with Crippen LogP contribution in [0.1, 0.15) is 51.4 Å². The second-order valence-corrected chi connectivity index (χ2v) is 6.20. The SMILES string of the molecule is O=C(O)C1(NC2CCCCC2)CCN2CCCC21. The number of nitrogens with one attached hydrogen (secondary N) is 1. The molecule has 2 unspecified atom stereocenters. The summed E-state index contributed by atoms with van der Waals surface area (Å²) in [4.78, 5) is 14.2. The molecule has 2 saturated heterocycles. The highest BCUT2D eigenvalue weighted by molar-refractivity contribution is 5.80. The summed E-state index contributed by atoms with van der Waals surface area (Å²) in [5, 5.41) is 13.3. The van der Waals surface area contributed by atoms with E-state index in [1.165, 1.54) is 19.3 Å². The summed E-state index contributed by atoms with van der Waals surface area (Å²) in [5.41, 5.74) is -0.654. The number of nitrogens with zero attached hydrogens (tertiary/aromatic N) is 1. The Hall–Kier alpha value is -0.610. The van der Waals surface area contributed by atoms with Gasteiger partial charge in [-0.3, -0.25) is 15.0 Å². The van der Waals surface area contributed by atoms with Gasteiger partial charge in [0.1, 0.15) is 5.54 Å². The molecule has 18 heavy (non-hydrogen) atoms. The zero-order chi connectivity index (χ0) is 12.6. The van der Waals surface area contributed by atoms with Crippen LogP contribution in [0.3, 0.4) is 0 Å². The van der Waals surface area contributed by atoms with Gasteiger partial charge in [-0.2, -0.15) is 0 Å². The van der Waals surface area contributed by atoms with Gasteiger partial charge in [0, 0.05) is 18.6 Å². The van der Waals surface area contributed by atoms with Crippen LogP contribution in [0.2, 0.25) is 0 Å². The molecule has 1 aliphatic carbocycles. The van der Waals surface area contributed by atoms with Crippen LogP contribution in [-0.4, -0.2) is 46.7 Å². The Labute approximate surface area is 109 Å². The average molecular weight is 252 g/mol. The molecular weight excluding hydrogens is 228 g/mol. The topological polar surface area (TPSA) is 52.6 Å². The molecule has 3 aliphatic rings.